The average molecular weight is 321 g/mol. The molecule has 2 amide bonds. The Balaban J connectivity index is 1.37. The molecular weight excluding hydrogens is 294 g/mol. The van der Waals surface area contributed by atoms with E-state index < -0.39 is 0 Å². The second-order valence-electron chi connectivity index (χ2n) is 8.01. The molecule has 0 unspecified atom stereocenters. The first kappa shape index (κ1) is 15.4. The Morgan fingerprint density at radius 2 is 1.96 bits per heavy atom. The van der Waals surface area contributed by atoms with Crippen molar-refractivity contribution in [2.75, 3.05) is 39.8 Å². The van der Waals surface area contributed by atoms with E-state index in [-0.39, 0.29) is 23.5 Å². The van der Waals surface area contributed by atoms with Crippen LogP contribution in [0.4, 0.5) is 0 Å². The Labute approximate surface area is 137 Å². The summed E-state index contributed by atoms with van der Waals surface area (Å²) in [6.07, 6.45) is 3.58. The zero-order chi connectivity index (χ0) is 16.2. The molecule has 2 aliphatic heterocycles. The second-order valence-corrected chi connectivity index (χ2v) is 8.01. The summed E-state index contributed by atoms with van der Waals surface area (Å²) in [6.45, 7) is 5.71. The molecule has 128 valence electrons. The molecule has 2 saturated heterocycles. The highest BCUT2D eigenvalue weighted by atomic mass is 16.5. The van der Waals surface area contributed by atoms with Crippen LogP contribution in [0.3, 0.4) is 0 Å². The van der Waals surface area contributed by atoms with E-state index in [9.17, 15) is 9.59 Å². The summed E-state index contributed by atoms with van der Waals surface area (Å²) in [4.78, 5) is 28.7. The van der Waals surface area contributed by atoms with Crippen LogP contribution in [0, 0.1) is 17.8 Å². The van der Waals surface area contributed by atoms with Gasteiger partial charge in [0.1, 0.15) is 11.6 Å². The molecule has 0 aromatic carbocycles. The minimum absolute atomic E-state index is 0.0413. The Morgan fingerprint density at radius 3 is 2.52 bits per heavy atom. The lowest BCUT2D eigenvalue weighted by molar-refractivity contribution is -0.205. The first-order valence-electron chi connectivity index (χ1n) is 8.90. The Kier molecular flexibility index (Phi) is 3.65. The standard InChI is InChI=1S/C17H27N3O3/c1-11-5-13(11)16(22)20-9-17(10-20)8-19(6-12-3-4-12)14(7-23-17)15(21)18-2/h11-14H,3-10H2,1-2H3,(H,18,21)/t11-,13+,14-/m0/s1. The van der Waals surface area contributed by atoms with Crippen molar-refractivity contribution in [2.24, 2.45) is 17.8 Å². The molecular formula is C17H27N3O3. The van der Waals surface area contributed by atoms with Crippen molar-refractivity contribution in [3.05, 3.63) is 0 Å². The lowest BCUT2D eigenvalue weighted by atomic mass is 9.89. The molecule has 0 aromatic heterocycles. The topological polar surface area (TPSA) is 61.9 Å². The van der Waals surface area contributed by atoms with Crippen LogP contribution in [-0.2, 0) is 14.3 Å². The molecule has 2 aliphatic carbocycles. The maximum absolute atomic E-state index is 12.3. The highest BCUT2D eigenvalue weighted by molar-refractivity contribution is 5.83. The van der Waals surface area contributed by atoms with Crippen LogP contribution >= 0.6 is 0 Å². The van der Waals surface area contributed by atoms with E-state index in [4.69, 9.17) is 4.74 Å². The summed E-state index contributed by atoms with van der Waals surface area (Å²) in [5, 5.41) is 2.75. The third-order valence-corrected chi connectivity index (χ3v) is 5.91. The lowest BCUT2D eigenvalue weighted by Crippen LogP contribution is -2.74. The fourth-order valence-corrected chi connectivity index (χ4v) is 4.02. The van der Waals surface area contributed by atoms with Gasteiger partial charge in [-0.3, -0.25) is 14.5 Å². The van der Waals surface area contributed by atoms with Gasteiger partial charge in [0.25, 0.3) is 0 Å². The molecule has 3 atom stereocenters. The molecule has 23 heavy (non-hydrogen) atoms. The quantitative estimate of drug-likeness (QED) is 0.797. The fourth-order valence-electron chi connectivity index (χ4n) is 4.02. The van der Waals surface area contributed by atoms with Gasteiger partial charge in [0.2, 0.25) is 11.8 Å². The highest BCUT2D eigenvalue weighted by Crippen LogP contribution is 2.42. The zero-order valence-electron chi connectivity index (χ0n) is 14.1. The van der Waals surface area contributed by atoms with Crippen LogP contribution in [0.5, 0.6) is 0 Å². The van der Waals surface area contributed by atoms with E-state index in [1.807, 2.05) is 4.90 Å². The highest BCUT2D eigenvalue weighted by Gasteiger charge is 2.54. The van der Waals surface area contributed by atoms with Gasteiger partial charge < -0.3 is 15.0 Å². The maximum atomic E-state index is 12.3. The molecule has 6 nitrogen and oxygen atoms in total. The number of hydrogen-bond donors (Lipinski definition) is 1. The van der Waals surface area contributed by atoms with E-state index in [1.165, 1.54) is 12.8 Å². The summed E-state index contributed by atoms with van der Waals surface area (Å²) < 4.78 is 6.08. The fraction of sp³-hybridized carbons (Fsp3) is 0.882. The normalized spacial score (nSPS) is 35.7. The molecule has 0 bridgehead atoms. The predicted octanol–water partition coefficient (Wildman–Crippen LogP) is 0.0802. The number of nitrogens with zero attached hydrogens (tertiary/aromatic N) is 2. The number of ether oxygens (including phenoxy) is 1. The molecule has 4 fully saturated rings. The molecule has 2 saturated carbocycles. The van der Waals surface area contributed by atoms with Crippen LogP contribution in [0.2, 0.25) is 0 Å². The zero-order valence-corrected chi connectivity index (χ0v) is 14.1. The number of hydrogen-bond acceptors (Lipinski definition) is 4. The number of nitrogens with one attached hydrogen (secondary N) is 1. The third-order valence-electron chi connectivity index (χ3n) is 5.91. The molecule has 4 aliphatic rings. The number of likely N-dealkylation sites (tertiary alicyclic amines) is 1. The van der Waals surface area contributed by atoms with Crippen molar-refractivity contribution in [2.45, 2.75) is 37.8 Å². The Hall–Kier alpha value is -1.14. The number of carbonyl (C=O) groups is 2. The van der Waals surface area contributed by atoms with E-state index in [1.54, 1.807) is 7.05 Å². The van der Waals surface area contributed by atoms with Crippen LogP contribution in [0.1, 0.15) is 26.2 Å². The summed E-state index contributed by atoms with van der Waals surface area (Å²) in [5.74, 6) is 1.88. The number of likely N-dealkylation sites (N-methyl/N-ethyl adjacent to an activating group) is 1. The van der Waals surface area contributed by atoms with Crippen molar-refractivity contribution >= 4 is 11.8 Å². The van der Waals surface area contributed by atoms with Crippen molar-refractivity contribution < 1.29 is 14.3 Å². The number of rotatable bonds is 4. The number of amides is 2. The smallest absolute Gasteiger partial charge is 0.239 e. The molecule has 1 spiro atoms. The summed E-state index contributed by atoms with van der Waals surface area (Å²) in [6, 6.07) is -0.181. The SMILES string of the molecule is CNC(=O)[C@@H]1COC2(CN(C(=O)[C@@H]3C[C@@H]3C)C2)CN1CC1CC1. The van der Waals surface area contributed by atoms with Gasteiger partial charge in [-0.25, -0.2) is 0 Å². The molecule has 0 aromatic rings. The molecule has 4 rings (SSSR count). The van der Waals surface area contributed by atoms with E-state index in [0.717, 1.165) is 25.4 Å². The number of carbonyl (C=O) groups excluding carboxylic acids is 2. The average Bonchev–Trinajstić information content (AvgIpc) is 3.42. The van der Waals surface area contributed by atoms with Gasteiger partial charge in [-0.15, -0.1) is 0 Å². The van der Waals surface area contributed by atoms with Gasteiger partial charge in [0.15, 0.2) is 0 Å². The third kappa shape index (κ3) is 2.87. The van der Waals surface area contributed by atoms with Gasteiger partial charge >= 0.3 is 0 Å². The van der Waals surface area contributed by atoms with E-state index in [2.05, 4.69) is 17.1 Å². The van der Waals surface area contributed by atoms with Crippen LogP contribution in [0.25, 0.3) is 0 Å². The monoisotopic (exact) mass is 321 g/mol. The Bertz CT molecular complexity index is 513. The van der Waals surface area contributed by atoms with E-state index >= 15 is 0 Å². The molecule has 1 N–H and O–H groups in total. The minimum Gasteiger partial charge on any atom is -0.368 e. The summed E-state index contributed by atoms with van der Waals surface area (Å²) in [5.41, 5.74) is -0.243. The van der Waals surface area contributed by atoms with E-state index in [0.29, 0.717) is 31.5 Å². The summed E-state index contributed by atoms with van der Waals surface area (Å²) >= 11 is 0. The number of morpholine rings is 1. The van der Waals surface area contributed by atoms with Crippen LogP contribution in [-0.4, -0.2) is 73.1 Å². The predicted molar refractivity (Wildman–Crippen MR) is 84.7 cm³/mol. The van der Waals surface area contributed by atoms with Crippen LogP contribution < -0.4 is 5.32 Å². The van der Waals surface area contributed by atoms with Gasteiger partial charge in [-0.1, -0.05) is 6.92 Å². The second kappa shape index (κ2) is 5.45. The van der Waals surface area contributed by atoms with Gasteiger partial charge in [-0.05, 0) is 31.1 Å². The van der Waals surface area contributed by atoms with Gasteiger partial charge in [0.05, 0.1) is 19.7 Å². The summed E-state index contributed by atoms with van der Waals surface area (Å²) in [7, 11) is 1.68. The maximum Gasteiger partial charge on any atom is 0.239 e. The van der Waals surface area contributed by atoms with Crippen molar-refractivity contribution in [3.63, 3.8) is 0 Å². The largest absolute Gasteiger partial charge is 0.368 e. The van der Waals surface area contributed by atoms with Crippen LogP contribution in [0.15, 0.2) is 0 Å². The molecule has 6 heteroatoms. The van der Waals surface area contributed by atoms with Crippen molar-refractivity contribution in [1.82, 2.24) is 15.1 Å². The molecule has 0 radical (unpaired) electrons. The minimum atomic E-state index is -0.243. The lowest BCUT2D eigenvalue weighted by Gasteiger charge is -2.55. The van der Waals surface area contributed by atoms with Crippen molar-refractivity contribution in [1.29, 1.82) is 0 Å². The Morgan fingerprint density at radius 1 is 1.26 bits per heavy atom. The molecule has 2 heterocycles. The van der Waals surface area contributed by atoms with Gasteiger partial charge in [-0.2, -0.15) is 0 Å². The first-order valence-corrected chi connectivity index (χ1v) is 8.90. The van der Waals surface area contributed by atoms with Crippen molar-refractivity contribution in [3.8, 4) is 0 Å². The first-order chi connectivity index (χ1) is 11.0. The van der Waals surface area contributed by atoms with Gasteiger partial charge in [0, 0.05) is 26.1 Å².